The zero-order valence-corrected chi connectivity index (χ0v) is 18.6. The third kappa shape index (κ3) is 4.63. The van der Waals surface area contributed by atoms with Crippen LogP contribution in [-0.4, -0.2) is 28.2 Å². The van der Waals surface area contributed by atoms with Gasteiger partial charge in [0, 0.05) is 54.5 Å². The molecule has 0 bridgehead atoms. The normalized spacial score (nSPS) is 11.2. The maximum Gasteiger partial charge on any atom is 0.141 e. The quantitative estimate of drug-likeness (QED) is 0.259. The lowest BCUT2D eigenvalue weighted by molar-refractivity contribution is 0.626. The second-order valence-electron chi connectivity index (χ2n) is 7.85. The average Bonchev–Trinajstić information content (AvgIpc) is 3.39. The molecule has 6 nitrogen and oxygen atoms in total. The van der Waals surface area contributed by atoms with Gasteiger partial charge in [0.2, 0.25) is 0 Å². The maximum atomic E-state index is 13.5. The summed E-state index contributed by atoms with van der Waals surface area (Å²) in [5.41, 5.74) is 6.61. The molecule has 3 aromatic carbocycles. The number of H-pyrrole nitrogens is 1. The molecule has 0 amide bonds. The molecule has 0 fully saturated rings. The van der Waals surface area contributed by atoms with Gasteiger partial charge in [-0.2, -0.15) is 0 Å². The second-order valence-corrected chi connectivity index (χ2v) is 7.85. The van der Waals surface area contributed by atoms with E-state index in [0.717, 1.165) is 50.3 Å². The number of halogens is 1. The van der Waals surface area contributed by atoms with E-state index in [4.69, 9.17) is 0 Å². The SMILES string of the molecule is CN=Cc1cc(Nc2ncnc3ccc(-c4cc[nH]c4)cc23)ccc1NCc1cccc(F)c1. The molecule has 2 heterocycles. The summed E-state index contributed by atoms with van der Waals surface area (Å²) in [6.07, 6.45) is 7.22. The summed E-state index contributed by atoms with van der Waals surface area (Å²) in [5, 5.41) is 7.73. The minimum Gasteiger partial charge on any atom is -0.380 e. The topological polar surface area (TPSA) is 78.0 Å². The minimum atomic E-state index is -0.245. The highest BCUT2D eigenvalue weighted by atomic mass is 19.1. The van der Waals surface area contributed by atoms with E-state index in [1.54, 1.807) is 25.7 Å². The Morgan fingerprint density at radius 3 is 2.76 bits per heavy atom. The molecule has 0 aliphatic rings. The summed E-state index contributed by atoms with van der Waals surface area (Å²) in [7, 11) is 1.73. The number of nitrogens with one attached hydrogen (secondary N) is 3. The number of hydrogen-bond acceptors (Lipinski definition) is 5. The predicted molar refractivity (Wildman–Crippen MR) is 136 cm³/mol. The highest BCUT2D eigenvalue weighted by Gasteiger charge is 2.09. The first-order chi connectivity index (χ1) is 16.7. The highest BCUT2D eigenvalue weighted by molar-refractivity contribution is 5.95. The van der Waals surface area contributed by atoms with Crippen molar-refractivity contribution >= 4 is 34.3 Å². The first-order valence-corrected chi connectivity index (χ1v) is 10.9. The van der Waals surface area contributed by atoms with Crippen molar-refractivity contribution in [2.45, 2.75) is 6.54 Å². The summed E-state index contributed by atoms with van der Waals surface area (Å²) >= 11 is 0. The van der Waals surface area contributed by atoms with Crippen molar-refractivity contribution in [3.05, 3.63) is 102 Å². The van der Waals surface area contributed by atoms with Crippen LogP contribution in [0.2, 0.25) is 0 Å². The Balaban J connectivity index is 1.43. The van der Waals surface area contributed by atoms with E-state index in [0.29, 0.717) is 6.54 Å². The second kappa shape index (κ2) is 9.54. The molecule has 3 N–H and O–H groups in total. The number of aliphatic imine (C=N–C) groups is 1. The maximum absolute atomic E-state index is 13.5. The molecule has 0 radical (unpaired) electrons. The van der Waals surface area contributed by atoms with Crippen molar-refractivity contribution in [2.75, 3.05) is 17.7 Å². The lowest BCUT2D eigenvalue weighted by Crippen LogP contribution is -2.04. The molecule has 0 aliphatic carbocycles. The number of aromatic amines is 1. The van der Waals surface area contributed by atoms with Gasteiger partial charge in [-0.25, -0.2) is 14.4 Å². The standard InChI is InChI=1S/C27H23FN6/c1-29-15-21-12-23(6-8-25(21)31-14-18-3-2-4-22(28)11-18)34-27-24-13-19(20-9-10-30-16-20)5-7-26(24)32-17-33-27/h2-13,15-17,30-31H,14H2,1H3,(H,32,33,34). The van der Waals surface area contributed by atoms with E-state index in [2.05, 4.69) is 42.7 Å². The molecule has 5 rings (SSSR count). The summed E-state index contributed by atoms with van der Waals surface area (Å²) in [6.45, 7) is 0.508. The van der Waals surface area contributed by atoms with Crippen LogP contribution in [0, 0.1) is 5.82 Å². The van der Waals surface area contributed by atoms with Gasteiger partial charge >= 0.3 is 0 Å². The lowest BCUT2D eigenvalue weighted by Gasteiger charge is -2.14. The molecule has 34 heavy (non-hydrogen) atoms. The monoisotopic (exact) mass is 450 g/mol. The van der Waals surface area contributed by atoms with E-state index < -0.39 is 0 Å². The number of nitrogens with zero attached hydrogens (tertiary/aromatic N) is 3. The molecule has 168 valence electrons. The van der Waals surface area contributed by atoms with Gasteiger partial charge in [0.05, 0.1) is 5.52 Å². The van der Waals surface area contributed by atoms with Crippen molar-refractivity contribution in [1.29, 1.82) is 0 Å². The van der Waals surface area contributed by atoms with Gasteiger partial charge in [-0.15, -0.1) is 0 Å². The van der Waals surface area contributed by atoms with Gasteiger partial charge in [0.15, 0.2) is 0 Å². The Labute approximate surface area is 196 Å². The molecule has 0 aliphatic heterocycles. The largest absolute Gasteiger partial charge is 0.380 e. The summed E-state index contributed by atoms with van der Waals surface area (Å²) in [4.78, 5) is 16.2. The van der Waals surface area contributed by atoms with Crippen LogP contribution >= 0.6 is 0 Å². The fourth-order valence-electron chi connectivity index (χ4n) is 3.87. The van der Waals surface area contributed by atoms with Crippen molar-refractivity contribution in [3.8, 4) is 11.1 Å². The van der Waals surface area contributed by atoms with Crippen LogP contribution in [0.15, 0.2) is 90.4 Å². The molecule has 0 unspecified atom stereocenters. The van der Waals surface area contributed by atoms with Crippen LogP contribution in [0.4, 0.5) is 21.6 Å². The molecule has 0 saturated carbocycles. The van der Waals surface area contributed by atoms with Gasteiger partial charge in [0.25, 0.3) is 0 Å². The Morgan fingerprint density at radius 1 is 1.00 bits per heavy atom. The van der Waals surface area contributed by atoms with Gasteiger partial charge in [-0.05, 0) is 65.2 Å². The molecule has 7 heteroatoms. The molecule has 0 atom stereocenters. The summed E-state index contributed by atoms with van der Waals surface area (Å²) in [5.74, 6) is 0.480. The third-order valence-corrected chi connectivity index (χ3v) is 5.52. The predicted octanol–water partition coefficient (Wildman–Crippen LogP) is 6.17. The van der Waals surface area contributed by atoms with Gasteiger partial charge in [0.1, 0.15) is 18.0 Å². The smallest absolute Gasteiger partial charge is 0.141 e. The van der Waals surface area contributed by atoms with Gasteiger partial charge in [-0.3, -0.25) is 4.99 Å². The van der Waals surface area contributed by atoms with E-state index in [1.165, 1.54) is 12.1 Å². The van der Waals surface area contributed by atoms with Crippen LogP contribution in [-0.2, 0) is 6.54 Å². The van der Waals surface area contributed by atoms with Crippen LogP contribution < -0.4 is 10.6 Å². The summed E-state index contributed by atoms with van der Waals surface area (Å²) in [6, 6.07) is 20.7. The van der Waals surface area contributed by atoms with Crippen molar-refractivity contribution < 1.29 is 4.39 Å². The Bertz CT molecular complexity index is 1460. The van der Waals surface area contributed by atoms with Crippen LogP contribution in [0.25, 0.3) is 22.0 Å². The zero-order chi connectivity index (χ0) is 23.3. The number of aromatic nitrogens is 3. The minimum absolute atomic E-state index is 0.245. The first kappa shape index (κ1) is 21.3. The Morgan fingerprint density at radius 2 is 1.94 bits per heavy atom. The van der Waals surface area contributed by atoms with E-state index in [9.17, 15) is 4.39 Å². The van der Waals surface area contributed by atoms with Gasteiger partial charge < -0.3 is 15.6 Å². The molecular weight excluding hydrogens is 427 g/mol. The molecule has 5 aromatic rings. The molecule has 2 aromatic heterocycles. The third-order valence-electron chi connectivity index (χ3n) is 5.52. The van der Waals surface area contributed by atoms with Crippen LogP contribution in [0.3, 0.4) is 0 Å². The fraction of sp³-hybridized carbons (Fsp3) is 0.0741. The van der Waals surface area contributed by atoms with Crippen molar-refractivity contribution in [1.82, 2.24) is 15.0 Å². The Kier molecular flexibility index (Phi) is 5.99. The number of hydrogen-bond donors (Lipinski definition) is 3. The van der Waals surface area contributed by atoms with Gasteiger partial charge in [-0.1, -0.05) is 18.2 Å². The average molecular weight is 451 g/mol. The number of rotatable bonds is 7. The van der Waals surface area contributed by atoms with Crippen LogP contribution in [0.5, 0.6) is 0 Å². The van der Waals surface area contributed by atoms with Crippen LogP contribution in [0.1, 0.15) is 11.1 Å². The summed E-state index contributed by atoms with van der Waals surface area (Å²) < 4.78 is 13.5. The van der Waals surface area contributed by atoms with Crippen molar-refractivity contribution in [3.63, 3.8) is 0 Å². The highest BCUT2D eigenvalue weighted by Crippen LogP contribution is 2.29. The fourth-order valence-corrected chi connectivity index (χ4v) is 3.87. The molecule has 0 saturated heterocycles. The molecule has 0 spiro atoms. The van der Waals surface area contributed by atoms with E-state index in [1.807, 2.05) is 48.8 Å². The van der Waals surface area contributed by atoms with E-state index >= 15 is 0 Å². The van der Waals surface area contributed by atoms with E-state index in [-0.39, 0.29) is 5.82 Å². The zero-order valence-electron chi connectivity index (χ0n) is 18.6. The number of fused-ring (bicyclic) bond motifs is 1. The molecular formula is C27H23FN6. The number of benzene rings is 3. The van der Waals surface area contributed by atoms with Crippen molar-refractivity contribution in [2.24, 2.45) is 4.99 Å². The lowest BCUT2D eigenvalue weighted by atomic mass is 10.1. The number of anilines is 3. The Hall–Kier alpha value is -4.52. The first-order valence-electron chi connectivity index (χ1n) is 10.9.